The largest absolute Gasteiger partial charge is 0.508 e. The van der Waals surface area contributed by atoms with Crippen LogP contribution in [0.4, 0.5) is 0 Å². The Kier molecular flexibility index (Phi) is 6.01. The van der Waals surface area contributed by atoms with Gasteiger partial charge in [0, 0.05) is 22.8 Å². The Labute approximate surface area is 162 Å². The number of aromatic hydroxyl groups is 2. The van der Waals surface area contributed by atoms with E-state index < -0.39 is 5.63 Å². The second-order valence-electron chi connectivity index (χ2n) is 6.69. The average Bonchev–Trinajstić information content (AvgIpc) is 3.18. The lowest BCUT2D eigenvalue weighted by Gasteiger charge is -2.18. The Balaban J connectivity index is 1.92. The van der Waals surface area contributed by atoms with Crippen molar-refractivity contribution in [1.82, 2.24) is 0 Å². The Bertz CT molecular complexity index is 926. The standard InChI is InChI=1S/C22H24O4S/c1-3-15(12-14-7-9-16(23)10-8-14)19-13-18(24)21(22(25)26-19)17(4-2)20-6-5-11-27-20/h5-11,13,15,17,23-24H,3-4,12H2,1-2H3. The highest BCUT2D eigenvalue weighted by molar-refractivity contribution is 7.10. The Morgan fingerprint density at radius 2 is 1.81 bits per heavy atom. The summed E-state index contributed by atoms with van der Waals surface area (Å²) in [6.45, 7) is 4.02. The third kappa shape index (κ3) is 4.25. The summed E-state index contributed by atoms with van der Waals surface area (Å²) in [5, 5.41) is 22.0. The van der Waals surface area contributed by atoms with Gasteiger partial charge in [0.2, 0.25) is 0 Å². The molecule has 0 aliphatic heterocycles. The molecule has 0 aliphatic rings. The van der Waals surface area contributed by atoms with E-state index in [0.29, 0.717) is 24.2 Å². The normalized spacial score (nSPS) is 13.4. The smallest absolute Gasteiger partial charge is 0.343 e. The number of thiophene rings is 1. The molecule has 2 unspecified atom stereocenters. The van der Waals surface area contributed by atoms with E-state index in [9.17, 15) is 15.0 Å². The highest BCUT2D eigenvalue weighted by atomic mass is 32.1. The minimum Gasteiger partial charge on any atom is -0.508 e. The molecule has 0 fully saturated rings. The maximum atomic E-state index is 12.7. The van der Waals surface area contributed by atoms with Gasteiger partial charge in [0.15, 0.2) is 0 Å². The van der Waals surface area contributed by atoms with Gasteiger partial charge in [0.05, 0.1) is 5.56 Å². The zero-order chi connectivity index (χ0) is 19.4. The molecule has 3 aromatic rings. The number of hydrogen-bond acceptors (Lipinski definition) is 5. The first kappa shape index (κ1) is 19.2. The van der Waals surface area contributed by atoms with Crippen LogP contribution in [0.25, 0.3) is 0 Å². The molecule has 0 saturated carbocycles. The maximum Gasteiger partial charge on any atom is 0.343 e. The topological polar surface area (TPSA) is 70.7 Å². The van der Waals surface area contributed by atoms with Crippen LogP contribution in [-0.2, 0) is 6.42 Å². The minimum absolute atomic E-state index is 0.00524. The quantitative estimate of drug-likeness (QED) is 0.573. The molecule has 27 heavy (non-hydrogen) atoms. The first-order valence-corrected chi connectivity index (χ1v) is 10.1. The third-order valence-electron chi connectivity index (χ3n) is 4.94. The number of benzene rings is 1. The highest BCUT2D eigenvalue weighted by Crippen LogP contribution is 2.36. The summed E-state index contributed by atoms with van der Waals surface area (Å²) < 4.78 is 5.66. The number of phenols is 1. The zero-order valence-electron chi connectivity index (χ0n) is 15.5. The molecular formula is C22H24O4S. The molecule has 2 N–H and O–H groups in total. The molecule has 0 bridgehead atoms. The van der Waals surface area contributed by atoms with E-state index in [0.717, 1.165) is 16.9 Å². The van der Waals surface area contributed by atoms with E-state index in [1.807, 2.05) is 43.5 Å². The molecule has 2 heterocycles. The van der Waals surface area contributed by atoms with Gasteiger partial charge in [0.25, 0.3) is 0 Å². The summed E-state index contributed by atoms with van der Waals surface area (Å²) >= 11 is 1.57. The molecule has 142 valence electrons. The summed E-state index contributed by atoms with van der Waals surface area (Å²) in [4.78, 5) is 13.8. The lowest BCUT2D eigenvalue weighted by molar-refractivity contribution is 0.381. The van der Waals surface area contributed by atoms with Crippen molar-refractivity contribution in [3.05, 3.63) is 80.0 Å². The van der Waals surface area contributed by atoms with Crippen molar-refractivity contribution in [3.8, 4) is 11.5 Å². The average molecular weight is 384 g/mol. The van der Waals surface area contributed by atoms with E-state index in [2.05, 4.69) is 0 Å². The lowest BCUT2D eigenvalue weighted by atomic mass is 9.92. The number of phenolic OH excluding ortho intramolecular Hbond substituents is 1. The van der Waals surface area contributed by atoms with Gasteiger partial charge in [-0.05, 0) is 48.4 Å². The van der Waals surface area contributed by atoms with Gasteiger partial charge >= 0.3 is 5.63 Å². The molecule has 0 amide bonds. The van der Waals surface area contributed by atoms with Gasteiger partial charge in [-0.1, -0.05) is 32.0 Å². The lowest BCUT2D eigenvalue weighted by Crippen LogP contribution is -2.15. The Morgan fingerprint density at radius 1 is 1.07 bits per heavy atom. The van der Waals surface area contributed by atoms with Crippen LogP contribution in [0, 0.1) is 0 Å². The first-order chi connectivity index (χ1) is 13.0. The third-order valence-corrected chi connectivity index (χ3v) is 5.93. The van der Waals surface area contributed by atoms with Gasteiger partial charge in [0.1, 0.15) is 17.3 Å². The fraction of sp³-hybridized carbons (Fsp3) is 0.318. The van der Waals surface area contributed by atoms with Gasteiger partial charge in [-0.2, -0.15) is 0 Å². The van der Waals surface area contributed by atoms with Crippen LogP contribution < -0.4 is 5.63 Å². The predicted octanol–water partition coefficient (Wildman–Crippen LogP) is 5.39. The maximum absolute atomic E-state index is 12.7. The molecule has 4 nitrogen and oxygen atoms in total. The Hall–Kier alpha value is -2.53. The minimum atomic E-state index is -0.464. The van der Waals surface area contributed by atoms with Crippen LogP contribution in [0.5, 0.6) is 11.5 Å². The predicted molar refractivity (Wildman–Crippen MR) is 108 cm³/mol. The molecule has 0 aliphatic carbocycles. The summed E-state index contributed by atoms with van der Waals surface area (Å²) in [6.07, 6.45) is 2.15. The summed E-state index contributed by atoms with van der Waals surface area (Å²) in [7, 11) is 0. The van der Waals surface area contributed by atoms with E-state index >= 15 is 0 Å². The second-order valence-corrected chi connectivity index (χ2v) is 7.67. The second kappa shape index (κ2) is 8.44. The Morgan fingerprint density at radius 3 is 2.37 bits per heavy atom. The zero-order valence-corrected chi connectivity index (χ0v) is 16.3. The van der Waals surface area contributed by atoms with Crippen LogP contribution in [-0.4, -0.2) is 10.2 Å². The summed E-state index contributed by atoms with van der Waals surface area (Å²) in [5.41, 5.74) is 0.911. The highest BCUT2D eigenvalue weighted by Gasteiger charge is 2.24. The van der Waals surface area contributed by atoms with Crippen molar-refractivity contribution < 1.29 is 14.6 Å². The molecule has 2 atom stereocenters. The number of hydrogen-bond donors (Lipinski definition) is 2. The monoisotopic (exact) mass is 384 g/mol. The molecule has 5 heteroatoms. The molecular weight excluding hydrogens is 360 g/mol. The molecule has 0 saturated heterocycles. The van der Waals surface area contributed by atoms with E-state index in [1.165, 1.54) is 0 Å². The summed E-state index contributed by atoms with van der Waals surface area (Å²) in [5.74, 6) is 0.541. The molecule has 1 aromatic carbocycles. The molecule has 0 spiro atoms. The van der Waals surface area contributed by atoms with Crippen LogP contribution >= 0.6 is 11.3 Å². The van der Waals surface area contributed by atoms with Gasteiger partial charge < -0.3 is 14.6 Å². The van der Waals surface area contributed by atoms with Crippen molar-refractivity contribution in [2.75, 3.05) is 0 Å². The summed E-state index contributed by atoms with van der Waals surface area (Å²) in [6, 6.07) is 12.5. The van der Waals surface area contributed by atoms with Gasteiger partial charge in [-0.3, -0.25) is 0 Å². The SMILES string of the molecule is CCC(Cc1ccc(O)cc1)c1cc(O)c(C(CC)c2cccs2)c(=O)o1. The van der Waals surface area contributed by atoms with Gasteiger partial charge in [-0.25, -0.2) is 4.79 Å². The molecule has 0 radical (unpaired) electrons. The van der Waals surface area contributed by atoms with Crippen molar-refractivity contribution in [1.29, 1.82) is 0 Å². The van der Waals surface area contributed by atoms with Crippen molar-refractivity contribution in [3.63, 3.8) is 0 Å². The van der Waals surface area contributed by atoms with Crippen LogP contribution in [0.15, 0.2) is 57.1 Å². The first-order valence-electron chi connectivity index (χ1n) is 9.21. The van der Waals surface area contributed by atoms with Crippen LogP contribution in [0.3, 0.4) is 0 Å². The van der Waals surface area contributed by atoms with Gasteiger partial charge in [-0.15, -0.1) is 11.3 Å². The van der Waals surface area contributed by atoms with Crippen molar-refractivity contribution in [2.45, 2.75) is 44.9 Å². The molecule has 3 rings (SSSR count). The van der Waals surface area contributed by atoms with Crippen LogP contribution in [0.1, 0.15) is 60.3 Å². The van der Waals surface area contributed by atoms with Crippen molar-refractivity contribution >= 4 is 11.3 Å². The van der Waals surface area contributed by atoms with E-state index in [4.69, 9.17) is 4.42 Å². The fourth-order valence-electron chi connectivity index (χ4n) is 3.43. The fourth-order valence-corrected chi connectivity index (χ4v) is 4.35. The van der Waals surface area contributed by atoms with Crippen molar-refractivity contribution in [2.24, 2.45) is 0 Å². The number of rotatable bonds is 7. The van der Waals surface area contributed by atoms with E-state index in [1.54, 1.807) is 29.5 Å². The van der Waals surface area contributed by atoms with E-state index in [-0.39, 0.29) is 23.3 Å². The van der Waals surface area contributed by atoms with Crippen LogP contribution in [0.2, 0.25) is 0 Å². The molecule has 2 aromatic heterocycles.